The number of carbonyl (C=O) groups excluding carboxylic acids is 1. The number of carbonyl (C=O) groups is 1. The summed E-state index contributed by atoms with van der Waals surface area (Å²) in [6, 6.07) is 1.93. The van der Waals surface area contributed by atoms with Gasteiger partial charge in [-0.1, -0.05) is 0 Å². The molecule has 0 aliphatic rings. The molecule has 0 unspecified atom stereocenters. The molecule has 0 aliphatic carbocycles. The molecule has 0 fully saturated rings. The summed E-state index contributed by atoms with van der Waals surface area (Å²) in [6.07, 6.45) is 1.26. The summed E-state index contributed by atoms with van der Waals surface area (Å²) in [5.74, 6) is 0.571. The monoisotopic (exact) mass is 344 g/mol. The van der Waals surface area contributed by atoms with Crippen molar-refractivity contribution in [3.63, 3.8) is 0 Å². The summed E-state index contributed by atoms with van der Waals surface area (Å²) in [5, 5.41) is 7.51. The zero-order chi connectivity index (χ0) is 18.6. The van der Waals surface area contributed by atoms with Crippen molar-refractivity contribution in [3.8, 4) is 5.95 Å². The highest BCUT2D eigenvalue weighted by atomic mass is 16.1. The van der Waals surface area contributed by atoms with Crippen molar-refractivity contribution in [1.29, 1.82) is 0 Å². The van der Waals surface area contributed by atoms with E-state index < -0.39 is 0 Å². The van der Waals surface area contributed by atoms with Crippen molar-refractivity contribution in [2.24, 2.45) is 0 Å². The Kier molecular flexibility index (Phi) is 6.25. The lowest BCUT2D eigenvalue weighted by atomic mass is 10.1. The lowest BCUT2D eigenvalue weighted by Crippen LogP contribution is -2.28. The van der Waals surface area contributed by atoms with Crippen molar-refractivity contribution in [2.75, 3.05) is 27.2 Å². The molecule has 1 amide bonds. The standard InChI is InChI=1S/C18H28N6O/c1-12-10-13(2)21-18(20-12)24-15(4)16(14(3)22-24)11-17(25)19-8-7-9-23(5)6/h10H,7-9,11H2,1-6H3,(H,19,25). The van der Waals surface area contributed by atoms with Crippen LogP contribution >= 0.6 is 0 Å². The minimum atomic E-state index is 0.0193. The Morgan fingerprint density at radius 1 is 1.16 bits per heavy atom. The first-order chi connectivity index (χ1) is 11.8. The van der Waals surface area contributed by atoms with Crippen LogP contribution in [0.25, 0.3) is 5.95 Å². The molecule has 7 heteroatoms. The van der Waals surface area contributed by atoms with Gasteiger partial charge in [-0.3, -0.25) is 4.79 Å². The van der Waals surface area contributed by atoms with Crippen molar-refractivity contribution in [3.05, 3.63) is 34.4 Å². The Hall–Kier alpha value is -2.28. The van der Waals surface area contributed by atoms with E-state index in [0.717, 1.165) is 41.3 Å². The molecule has 0 atom stereocenters. The molecule has 2 rings (SSSR count). The van der Waals surface area contributed by atoms with Crippen LogP contribution in [-0.2, 0) is 11.2 Å². The second-order valence-electron chi connectivity index (χ2n) is 6.70. The quantitative estimate of drug-likeness (QED) is 0.771. The first-order valence-corrected chi connectivity index (χ1v) is 8.57. The van der Waals surface area contributed by atoms with Gasteiger partial charge < -0.3 is 10.2 Å². The summed E-state index contributed by atoms with van der Waals surface area (Å²) in [7, 11) is 4.05. The SMILES string of the molecule is Cc1cc(C)nc(-n2nc(C)c(CC(=O)NCCCN(C)C)c2C)n1. The topological polar surface area (TPSA) is 75.9 Å². The van der Waals surface area contributed by atoms with Gasteiger partial charge in [0, 0.05) is 29.2 Å². The zero-order valence-corrected chi connectivity index (χ0v) is 16.1. The number of amides is 1. The van der Waals surface area contributed by atoms with Gasteiger partial charge in [-0.05, 0) is 60.8 Å². The van der Waals surface area contributed by atoms with Gasteiger partial charge in [0.15, 0.2) is 0 Å². The smallest absolute Gasteiger partial charge is 0.251 e. The molecular formula is C18H28N6O. The summed E-state index contributed by atoms with van der Waals surface area (Å²) >= 11 is 0. The highest BCUT2D eigenvalue weighted by Gasteiger charge is 2.17. The van der Waals surface area contributed by atoms with Crippen molar-refractivity contribution in [1.82, 2.24) is 30.0 Å². The molecule has 2 aromatic heterocycles. The maximum absolute atomic E-state index is 12.2. The fourth-order valence-electron chi connectivity index (χ4n) is 2.77. The molecular weight excluding hydrogens is 316 g/mol. The second-order valence-corrected chi connectivity index (χ2v) is 6.70. The maximum Gasteiger partial charge on any atom is 0.251 e. The van der Waals surface area contributed by atoms with E-state index in [1.165, 1.54) is 0 Å². The normalized spacial score (nSPS) is 11.2. The minimum absolute atomic E-state index is 0.0193. The second kappa shape index (κ2) is 8.20. The predicted octanol–water partition coefficient (Wildman–Crippen LogP) is 1.51. The molecule has 0 bridgehead atoms. The third kappa shape index (κ3) is 5.09. The van der Waals surface area contributed by atoms with Crippen LogP contribution in [0.4, 0.5) is 0 Å². The van der Waals surface area contributed by atoms with E-state index in [1.807, 2.05) is 47.9 Å². The van der Waals surface area contributed by atoms with E-state index in [0.29, 0.717) is 18.9 Å². The number of hydrogen-bond donors (Lipinski definition) is 1. The van der Waals surface area contributed by atoms with Gasteiger partial charge in [0.2, 0.25) is 5.91 Å². The van der Waals surface area contributed by atoms with Crippen LogP contribution < -0.4 is 5.32 Å². The van der Waals surface area contributed by atoms with Crippen LogP contribution in [0.3, 0.4) is 0 Å². The van der Waals surface area contributed by atoms with Crippen molar-refractivity contribution < 1.29 is 4.79 Å². The van der Waals surface area contributed by atoms with Crippen LogP contribution in [0.15, 0.2) is 6.07 Å². The molecule has 0 aromatic carbocycles. The van der Waals surface area contributed by atoms with E-state index in [2.05, 4.69) is 25.3 Å². The zero-order valence-electron chi connectivity index (χ0n) is 16.1. The number of nitrogens with one attached hydrogen (secondary N) is 1. The highest BCUT2D eigenvalue weighted by molar-refractivity contribution is 5.79. The third-order valence-corrected chi connectivity index (χ3v) is 4.04. The van der Waals surface area contributed by atoms with Gasteiger partial charge in [0.25, 0.3) is 5.95 Å². The van der Waals surface area contributed by atoms with Gasteiger partial charge in [-0.25, -0.2) is 14.6 Å². The fourth-order valence-corrected chi connectivity index (χ4v) is 2.77. The summed E-state index contributed by atoms with van der Waals surface area (Å²) < 4.78 is 1.73. The van der Waals surface area contributed by atoms with Crippen molar-refractivity contribution >= 4 is 5.91 Å². The summed E-state index contributed by atoms with van der Waals surface area (Å²) in [4.78, 5) is 23.2. The van der Waals surface area contributed by atoms with E-state index >= 15 is 0 Å². The van der Waals surface area contributed by atoms with E-state index in [-0.39, 0.29) is 5.91 Å². The Balaban J connectivity index is 2.10. The largest absolute Gasteiger partial charge is 0.356 e. The highest BCUT2D eigenvalue weighted by Crippen LogP contribution is 2.17. The molecule has 1 N–H and O–H groups in total. The third-order valence-electron chi connectivity index (χ3n) is 4.04. The van der Waals surface area contributed by atoms with Gasteiger partial charge in [-0.15, -0.1) is 0 Å². The minimum Gasteiger partial charge on any atom is -0.356 e. The Morgan fingerprint density at radius 2 is 1.80 bits per heavy atom. The van der Waals surface area contributed by atoms with Gasteiger partial charge in [0.1, 0.15) is 0 Å². The number of nitrogens with zero attached hydrogens (tertiary/aromatic N) is 5. The predicted molar refractivity (Wildman–Crippen MR) is 98.0 cm³/mol. The Bertz CT molecular complexity index is 730. The summed E-state index contributed by atoms with van der Waals surface area (Å²) in [5.41, 5.74) is 4.48. The lowest BCUT2D eigenvalue weighted by Gasteiger charge is -2.10. The average Bonchev–Trinajstić information content (AvgIpc) is 2.78. The number of aromatic nitrogens is 4. The molecule has 0 radical (unpaired) electrons. The molecule has 2 aromatic rings. The molecule has 0 spiro atoms. The lowest BCUT2D eigenvalue weighted by molar-refractivity contribution is -0.120. The maximum atomic E-state index is 12.2. The Morgan fingerprint density at radius 3 is 2.40 bits per heavy atom. The molecule has 0 aliphatic heterocycles. The van der Waals surface area contributed by atoms with Crippen LogP contribution in [0, 0.1) is 27.7 Å². The number of rotatable bonds is 7. The van der Waals surface area contributed by atoms with Crippen LogP contribution in [0.2, 0.25) is 0 Å². The number of aryl methyl sites for hydroxylation is 3. The van der Waals surface area contributed by atoms with Crippen LogP contribution in [0.1, 0.15) is 34.8 Å². The molecule has 136 valence electrons. The average molecular weight is 344 g/mol. The molecule has 25 heavy (non-hydrogen) atoms. The van der Waals surface area contributed by atoms with Crippen LogP contribution in [-0.4, -0.2) is 57.7 Å². The van der Waals surface area contributed by atoms with Gasteiger partial charge in [-0.2, -0.15) is 5.10 Å². The van der Waals surface area contributed by atoms with Gasteiger partial charge in [0.05, 0.1) is 12.1 Å². The summed E-state index contributed by atoms with van der Waals surface area (Å²) in [6.45, 7) is 9.39. The number of hydrogen-bond acceptors (Lipinski definition) is 5. The molecule has 0 saturated heterocycles. The molecule has 0 saturated carbocycles. The van der Waals surface area contributed by atoms with E-state index in [9.17, 15) is 4.79 Å². The van der Waals surface area contributed by atoms with Crippen LogP contribution in [0.5, 0.6) is 0 Å². The molecule has 7 nitrogen and oxygen atoms in total. The van der Waals surface area contributed by atoms with Crippen molar-refractivity contribution in [2.45, 2.75) is 40.5 Å². The molecule has 2 heterocycles. The first kappa shape index (κ1) is 19.1. The first-order valence-electron chi connectivity index (χ1n) is 8.57. The van der Waals surface area contributed by atoms with Gasteiger partial charge >= 0.3 is 0 Å². The Labute approximate surface area is 149 Å². The van der Waals surface area contributed by atoms with E-state index in [1.54, 1.807) is 4.68 Å². The fraction of sp³-hybridized carbons (Fsp3) is 0.556. The van der Waals surface area contributed by atoms with E-state index in [4.69, 9.17) is 0 Å².